The molecule has 2 aromatic heterocycles. The maximum absolute atomic E-state index is 12.5. The third kappa shape index (κ3) is 3.03. The van der Waals surface area contributed by atoms with Crippen LogP contribution < -0.4 is 5.56 Å². The van der Waals surface area contributed by atoms with Crippen LogP contribution in [0.15, 0.2) is 16.0 Å². The van der Waals surface area contributed by atoms with E-state index in [1.807, 2.05) is 13.1 Å². The first-order chi connectivity index (χ1) is 11.7. The van der Waals surface area contributed by atoms with Gasteiger partial charge in [0.05, 0.1) is 17.0 Å². The first-order valence-electron chi connectivity index (χ1n) is 8.57. The van der Waals surface area contributed by atoms with Gasteiger partial charge >= 0.3 is 0 Å². The maximum Gasteiger partial charge on any atom is 0.255 e. The normalized spacial score (nSPS) is 18.3. The molecule has 4 rings (SSSR count). The van der Waals surface area contributed by atoms with E-state index in [0.29, 0.717) is 12.4 Å². The monoisotopic (exact) mass is 326 g/mol. The Morgan fingerprint density at radius 3 is 2.92 bits per heavy atom. The third-order valence-electron chi connectivity index (χ3n) is 4.69. The molecule has 0 bridgehead atoms. The van der Waals surface area contributed by atoms with Gasteiger partial charge in [-0.2, -0.15) is 0 Å². The molecule has 0 atom stereocenters. The van der Waals surface area contributed by atoms with Gasteiger partial charge in [0, 0.05) is 44.5 Å². The van der Waals surface area contributed by atoms with Crippen molar-refractivity contribution in [3.63, 3.8) is 0 Å². The molecule has 0 radical (unpaired) electrons. The van der Waals surface area contributed by atoms with Crippen molar-refractivity contribution in [3.8, 4) is 0 Å². The average molecular weight is 326 g/mol. The molecule has 0 saturated carbocycles. The Kier molecular flexibility index (Phi) is 4.02. The molecular weight excluding hydrogens is 304 g/mol. The van der Waals surface area contributed by atoms with Gasteiger partial charge in [-0.1, -0.05) is 0 Å². The van der Waals surface area contributed by atoms with Crippen molar-refractivity contribution in [3.05, 3.63) is 45.2 Å². The van der Waals surface area contributed by atoms with Crippen LogP contribution in [0.4, 0.5) is 0 Å². The highest BCUT2D eigenvalue weighted by molar-refractivity contribution is 5.97. The summed E-state index contributed by atoms with van der Waals surface area (Å²) in [6.45, 7) is 5.08. The van der Waals surface area contributed by atoms with Gasteiger partial charge in [-0.15, -0.1) is 0 Å². The quantitative estimate of drug-likeness (QED) is 0.890. The number of imidazole rings is 1. The fraction of sp³-hybridized carbons (Fsp3) is 0.529. The van der Waals surface area contributed by atoms with E-state index >= 15 is 0 Å². The zero-order chi connectivity index (χ0) is 16.5. The number of aromatic nitrogens is 4. The first-order valence-corrected chi connectivity index (χ1v) is 8.57. The number of aliphatic imine (C=N–C) groups is 1. The number of H-pyrrole nitrogens is 2. The number of hydrogen-bond donors (Lipinski definition) is 2. The SMILES string of the molecule is Cc1ncc(CN2CCc3nc(C4=NCCCC4)[nH]c(=O)c3C2)[nH]1. The summed E-state index contributed by atoms with van der Waals surface area (Å²) in [5, 5.41) is 0. The molecule has 0 unspecified atom stereocenters. The van der Waals surface area contributed by atoms with Gasteiger partial charge in [-0.3, -0.25) is 14.7 Å². The molecule has 2 N–H and O–H groups in total. The number of nitrogens with zero attached hydrogens (tertiary/aromatic N) is 4. The average Bonchev–Trinajstić information content (AvgIpc) is 3.01. The summed E-state index contributed by atoms with van der Waals surface area (Å²) >= 11 is 0. The Morgan fingerprint density at radius 1 is 1.25 bits per heavy atom. The molecule has 24 heavy (non-hydrogen) atoms. The molecule has 4 heterocycles. The lowest BCUT2D eigenvalue weighted by molar-refractivity contribution is 0.239. The van der Waals surface area contributed by atoms with Crippen molar-refractivity contribution in [2.24, 2.45) is 4.99 Å². The van der Waals surface area contributed by atoms with E-state index in [9.17, 15) is 4.79 Å². The number of hydrogen-bond acceptors (Lipinski definition) is 5. The van der Waals surface area contributed by atoms with Crippen LogP contribution in [0.3, 0.4) is 0 Å². The highest BCUT2D eigenvalue weighted by Crippen LogP contribution is 2.17. The molecule has 0 aliphatic carbocycles. The van der Waals surface area contributed by atoms with E-state index in [2.05, 4.69) is 24.8 Å². The summed E-state index contributed by atoms with van der Waals surface area (Å²) in [6, 6.07) is 0. The molecule has 7 nitrogen and oxygen atoms in total. The van der Waals surface area contributed by atoms with Crippen LogP contribution in [-0.4, -0.2) is 43.6 Å². The first kappa shape index (κ1) is 15.3. The van der Waals surface area contributed by atoms with Gasteiger partial charge < -0.3 is 9.97 Å². The molecule has 0 aromatic carbocycles. The van der Waals surface area contributed by atoms with Crippen LogP contribution in [0.25, 0.3) is 0 Å². The number of aryl methyl sites for hydroxylation is 1. The van der Waals surface area contributed by atoms with E-state index in [-0.39, 0.29) is 5.56 Å². The predicted octanol–water partition coefficient (Wildman–Crippen LogP) is 1.33. The van der Waals surface area contributed by atoms with Gasteiger partial charge in [-0.25, -0.2) is 9.97 Å². The molecular formula is C17H22N6O. The molecule has 0 fully saturated rings. The van der Waals surface area contributed by atoms with Crippen LogP contribution in [0, 0.1) is 6.92 Å². The van der Waals surface area contributed by atoms with Crippen molar-refractivity contribution in [2.75, 3.05) is 13.1 Å². The van der Waals surface area contributed by atoms with Crippen LogP contribution in [0.2, 0.25) is 0 Å². The topological polar surface area (TPSA) is 90.0 Å². The smallest absolute Gasteiger partial charge is 0.255 e. The van der Waals surface area contributed by atoms with Gasteiger partial charge in [-0.05, 0) is 26.2 Å². The summed E-state index contributed by atoms with van der Waals surface area (Å²) in [7, 11) is 0. The second-order valence-corrected chi connectivity index (χ2v) is 6.58. The van der Waals surface area contributed by atoms with E-state index in [0.717, 1.165) is 73.8 Å². The largest absolute Gasteiger partial charge is 0.345 e. The van der Waals surface area contributed by atoms with Crippen molar-refractivity contribution in [2.45, 2.75) is 45.7 Å². The molecule has 2 aliphatic heterocycles. The number of fused-ring (bicyclic) bond motifs is 1. The summed E-state index contributed by atoms with van der Waals surface area (Å²) < 4.78 is 0. The summed E-state index contributed by atoms with van der Waals surface area (Å²) in [5.74, 6) is 1.59. The van der Waals surface area contributed by atoms with E-state index < -0.39 is 0 Å². The lowest BCUT2D eigenvalue weighted by atomic mass is 10.1. The molecule has 126 valence electrons. The fourth-order valence-corrected chi connectivity index (χ4v) is 3.44. The van der Waals surface area contributed by atoms with Crippen LogP contribution >= 0.6 is 0 Å². The van der Waals surface area contributed by atoms with E-state index in [4.69, 9.17) is 4.98 Å². The minimum Gasteiger partial charge on any atom is -0.345 e. The van der Waals surface area contributed by atoms with Gasteiger partial charge in [0.15, 0.2) is 5.82 Å². The van der Waals surface area contributed by atoms with Crippen molar-refractivity contribution in [1.82, 2.24) is 24.8 Å². The summed E-state index contributed by atoms with van der Waals surface area (Å²) in [5.41, 5.74) is 3.73. The Balaban J connectivity index is 1.56. The second kappa shape index (κ2) is 6.32. The Bertz CT molecular complexity index is 834. The standard InChI is InChI=1S/C17H22N6O/c1-11-19-8-12(20-11)9-23-7-5-14-13(10-23)17(24)22-16(21-14)15-4-2-3-6-18-15/h8H,2-7,9-10H2,1H3,(H,19,20)(H,21,22,24). The summed E-state index contributed by atoms with van der Waals surface area (Å²) in [4.78, 5) is 34.4. The van der Waals surface area contributed by atoms with E-state index in [1.165, 1.54) is 0 Å². The molecule has 2 aliphatic rings. The Morgan fingerprint density at radius 2 is 2.17 bits per heavy atom. The number of rotatable bonds is 3. The van der Waals surface area contributed by atoms with E-state index in [1.54, 1.807) is 0 Å². The van der Waals surface area contributed by atoms with Crippen LogP contribution in [0.5, 0.6) is 0 Å². The second-order valence-electron chi connectivity index (χ2n) is 6.58. The number of aromatic amines is 2. The lowest BCUT2D eigenvalue weighted by Gasteiger charge is -2.27. The van der Waals surface area contributed by atoms with Crippen molar-refractivity contribution in [1.29, 1.82) is 0 Å². The molecule has 0 saturated heterocycles. The van der Waals surface area contributed by atoms with Gasteiger partial charge in [0.25, 0.3) is 5.56 Å². The van der Waals surface area contributed by atoms with Crippen LogP contribution in [0.1, 0.15) is 47.9 Å². The number of nitrogens with one attached hydrogen (secondary N) is 2. The highest BCUT2D eigenvalue weighted by atomic mass is 16.1. The van der Waals surface area contributed by atoms with Crippen LogP contribution in [-0.2, 0) is 19.5 Å². The van der Waals surface area contributed by atoms with Crippen molar-refractivity contribution < 1.29 is 0 Å². The van der Waals surface area contributed by atoms with Gasteiger partial charge in [0.1, 0.15) is 5.82 Å². The summed E-state index contributed by atoms with van der Waals surface area (Å²) in [6.07, 6.45) is 5.81. The Hall–Kier alpha value is -2.28. The zero-order valence-corrected chi connectivity index (χ0v) is 13.9. The molecule has 2 aromatic rings. The molecule has 0 amide bonds. The molecule has 7 heteroatoms. The van der Waals surface area contributed by atoms with Crippen molar-refractivity contribution >= 4 is 5.71 Å². The minimum atomic E-state index is -0.0197. The lowest BCUT2D eigenvalue weighted by Crippen LogP contribution is -2.36. The minimum absolute atomic E-state index is 0.0197. The van der Waals surface area contributed by atoms with Gasteiger partial charge in [0.2, 0.25) is 0 Å². The zero-order valence-electron chi connectivity index (χ0n) is 13.9. The fourth-order valence-electron chi connectivity index (χ4n) is 3.44. The Labute approximate surface area is 140 Å². The highest BCUT2D eigenvalue weighted by Gasteiger charge is 2.23. The predicted molar refractivity (Wildman–Crippen MR) is 91.3 cm³/mol. The third-order valence-corrected chi connectivity index (χ3v) is 4.69. The maximum atomic E-state index is 12.5. The molecule has 0 spiro atoms.